The van der Waals surface area contributed by atoms with Crippen molar-refractivity contribution in [3.05, 3.63) is 23.8 Å². The molecule has 21 heavy (non-hydrogen) atoms. The fraction of sp³-hybridized carbons (Fsp3) is 0.625. The van der Waals surface area contributed by atoms with E-state index in [0.717, 1.165) is 24.3 Å². The van der Waals surface area contributed by atoms with E-state index < -0.39 is 6.10 Å². The Hall–Kier alpha value is -0.910. The standard InChI is InChI=1S/C16H27NO3S/c1-19-13-7-8-16(20-2)14(11-13)15(18)12-17-9-5-4-6-10-21-3/h7-8,11,15,17-18H,4-6,9-10,12H2,1-3H3. The molecule has 0 aliphatic heterocycles. The summed E-state index contributed by atoms with van der Waals surface area (Å²) in [5, 5.41) is 13.6. The van der Waals surface area contributed by atoms with Crippen molar-refractivity contribution in [2.75, 3.05) is 39.3 Å². The summed E-state index contributed by atoms with van der Waals surface area (Å²) in [4.78, 5) is 0. The van der Waals surface area contributed by atoms with Crippen molar-refractivity contribution in [3.8, 4) is 11.5 Å². The molecule has 1 unspecified atom stereocenters. The topological polar surface area (TPSA) is 50.7 Å². The van der Waals surface area contributed by atoms with E-state index in [9.17, 15) is 5.11 Å². The quantitative estimate of drug-likeness (QED) is 0.615. The molecule has 2 N–H and O–H groups in total. The molecule has 0 aromatic heterocycles. The van der Waals surface area contributed by atoms with Crippen LogP contribution in [0.15, 0.2) is 18.2 Å². The Morgan fingerprint density at radius 3 is 2.67 bits per heavy atom. The van der Waals surface area contributed by atoms with Crippen molar-refractivity contribution in [2.24, 2.45) is 0 Å². The summed E-state index contributed by atoms with van der Waals surface area (Å²) < 4.78 is 10.5. The molecular weight excluding hydrogens is 286 g/mol. The first-order chi connectivity index (χ1) is 10.2. The predicted octanol–water partition coefficient (Wildman–Crippen LogP) is 2.86. The van der Waals surface area contributed by atoms with Gasteiger partial charge in [-0.1, -0.05) is 6.42 Å². The average Bonchev–Trinajstić information content (AvgIpc) is 2.53. The van der Waals surface area contributed by atoms with Gasteiger partial charge in [0.1, 0.15) is 11.5 Å². The van der Waals surface area contributed by atoms with Gasteiger partial charge in [0, 0.05) is 12.1 Å². The lowest BCUT2D eigenvalue weighted by Gasteiger charge is -2.16. The molecule has 0 fully saturated rings. The number of ether oxygens (including phenoxy) is 2. The molecule has 0 radical (unpaired) electrons. The third-order valence-corrected chi connectivity index (χ3v) is 4.03. The third kappa shape index (κ3) is 6.59. The maximum absolute atomic E-state index is 10.3. The number of hydrogen-bond acceptors (Lipinski definition) is 5. The van der Waals surface area contributed by atoms with Crippen LogP contribution in [0.25, 0.3) is 0 Å². The first-order valence-electron chi connectivity index (χ1n) is 7.32. The smallest absolute Gasteiger partial charge is 0.124 e. The summed E-state index contributed by atoms with van der Waals surface area (Å²) in [6.45, 7) is 1.45. The highest BCUT2D eigenvalue weighted by Gasteiger charge is 2.14. The fourth-order valence-corrected chi connectivity index (χ4v) is 2.61. The number of unbranched alkanes of at least 4 members (excludes halogenated alkanes) is 2. The summed E-state index contributed by atoms with van der Waals surface area (Å²) >= 11 is 1.89. The van der Waals surface area contributed by atoms with Gasteiger partial charge in [0.2, 0.25) is 0 Å². The van der Waals surface area contributed by atoms with Crippen molar-refractivity contribution < 1.29 is 14.6 Å². The van der Waals surface area contributed by atoms with E-state index in [4.69, 9.17) is 9.47 Å². The molecule has 1 aromatic carbocycles. The van der Waals surface area contributed by atoms with Crippen LogP contribution in [0.2, 0.25) is 0 Å². The molecule has 1 atom stereocenters. The number of benzene rings is 1. The molecule has 120 valence electrons. The van der Waals surface area contributed by atoms with Crippen LogP contribution < -0.4 is 14.8 Å². The van der Waals surface area contributed by atoms with Gasteiger partial charge in [0.05, 0.1) is 20.3 Å². The lowest BCUT2D eigenvalue weighted by molar-refractivity contribution is 0.170. The minimum atomic E-state index is -0.596. The molecule has 5 heteroatoms. The monoisotopic (exact) mass is 313 g/mol. The van der Waals surface area contributed by atoms with Crippen LogP contribution in [0.3, 0.4) is 0 Å². The van der Waals surface area contributed by atoms with Gasteiger partial charge in [-0.15, -0.1) is 0 Å². The van der Waals surface area contributed by atoms with Gasteiger partial charge in [0.25, 0.3) is 0 Å². The summed E-state index contributed by atoms with van der Waals surface area (Å²) in [6.07, 6.45) is 5.17. The summed E-state index contributed by atoms with van der Waals surface area (Å²) in [6, 6.07) is 5.47. The molecule has 0 heterocycles. The highest BCUT2D eigenvalue weighted by atomic mass is 32.2. The highest BCUT2D eigenvalue weighted by Crippen LogP contribution is 2.28. The van der Waals surface area contributed by atoms with Crippen molar-refractivity contribution in [1.82, 2.24) is 5.32 Å². The second kappa shape index (κ2) is 10.8. The Bertz CT molecular complexity index is 401. The third-order valence-electron chi connectivity index (χ3n) is 3.34. The Morgan fingerprint density at radius 1 is 1.19 bits per heavy atom. The molecule has 0 aliphatic carbocycles. The largest absolute Gasteiger partial charge is 0.497 e. The van der Waals surface area contributed by atoms with Gasteiger partial charge < -0.3 is 19.9 Å². The van der Waals surface area contributed by atoms with E-state index in [1.807, 2.05) is 30.0 Å². The molecule has 0 bridgehead atoms. The zero-order chi connectivity index (χ0) is 15.5. The predicted molar refractivity (Wildman–Crippen MR) is 89.6 cm³/mol. The van der Waals surface area contributed by atoms with E-state index in [2.05, 4.69) is 11.6 Å². The first-order valence-corrected chi connectivity index (χ1v) is 8.72. The normalized spacial score (nSPS) is 12.2. The minimum absolute atomic E-state index is 0.520. The van der Waals surface area contributed by atoms with Gasteiger partial charge in [-0.25, -0.2) is 0 Å². The van der Waals surface area contributed by atoms with E-state index >= 15 is 0 Å². The van der Waals surface area contributed by atoms with Crippen molar-refractivity contribution in [2.45, 2.75) is 25.4 Å². The van der Waals surface area contributed by atoms with E-state index in [-0.39, 0.29) is 0 Å². The van der Waals surface area contributed by atoms with Crippen molar-refractivity contribution >= 4 is 11.8 Å². The Kier molecular flexibility index (Phi) is 9.30. The summed E-state index contributed by atoms with van der Waals surface area (Å²) in [7, 11) is 3.22. The molecule has 0 amide bonds. The van der Waals surface area contributed by atoms with Gasteiger partial charge in [-0.3, -0.25) is 0 Å². The molecule has 1 aromatic rings. The second-order valence-corrected chi connectivity index (χ2v) is 5.87. The number of aliphatic hydroxyl groups excluding tert-OH is 1. The van der Waals surface area contributed by atoms with E-state index in [1.165, 1.54) is 18.6 Å². The van der Waals surface area contributed by atoms with Gasteiger partial charge >= 0.3 is 0 Å². The molecule has 1 rings (SSSR count). The van der Waals surface area contributed by atoms with Crippen LogP contribution in [0.1, 0.15) is 30.9 Å². The second-order valence-electron chi connectivity index (χ2n) is 4.88. The van der Waals surface area contributed by atoms with Crippen LogP contribution in [0, 0.1) is 0 Å². The van der Waals surface area contributed by atoms with Crippen LogP contribution in [-0.4, -0.2) is 44.4 Å². The van der Waals surface area contributed by atoms with Gasteiger partial charge in [-0.05, 0) is 49.6 Å². The van der Waals surface area contributed by atoms with Crippen LogP contribution >= 0.6 is 11.8 Å². The molecule has 0 saturated heterocycles. The number of rotatable bonds is 11. The Labute approximate surface area is 132 Å². The summed E-state index contributed by atoms with van der Waals surface area (Å²) in [5.41, 5.74) is 0.756. The van der Waals surface area contributed by atoms with Crippen molar-refractivity contribution in [3.63, 3.8) is 0 Å². The van der Waals surface area contributed by atoms with Gasteiger partial charge in [-0.2, -0.15) is 11.8 Å². The molecule has 4 nitrogen and oxygen atoms in total. The van der Waals surface area contributed by atoms with Crippen LogP contribution in [-0.2, 0) is 0 Å². The highest BCUT2D eigenvalue weighted by molar-refractivity contribution is 7.98. The maximum atomic E-state index is 10.3. The molecule has 0 saturated carbocycles. The Balaban J connectivity index is 2.38. The molecular formula is C16H27NO3S. The first kappa shape index (κ1) is 18.1. The number of nitrogens with one attached hydrogen (secondary N) is 1. The summed E-state index contributed by atoms with van der Waals surface area (Å²) in [5.74, 6) is 2.64. The van der Waals surface area contributed by atoms with Crippen LogP contribution in [0.5, 0.6) is 11.5 Å². The van der Waals surface area contributed by atoms with E-state index in [1.54, 1.807) is 14.2 Å². The maximum Gasteiger partial charge on any atom is 0.124 e. The van der Waals surface area contributed by atoms with E-state index in [0.29, 0.717) is 12.3 Å². The fourth-order valence-electron chi connectivity index (χ4n) is 2.12. The Morgan fingerprint density at radius 2 is 2.00 bits per heavy atom. The number of methoxy groups -OCH3 is 2. The average molecular weight is 313 g/mol. The number of thioether (sulfide) groups is 1. The SMILES string of the molecule is COc1ccc(OC)c(C(O)CNCCCCCSC)c1. The lowest BCUT2D eigenvalue weighted by atomic mass is 10.1. The van der Waals surface area contributed by atoms with Crippen LogP contribution in [0.4, 0.5) is 0 Å². The minimum Gasteiger partial charge on any atom is -0.497 e. The zero-order valence-corrected chi connectivity index (χ0v) is 14.0. The number of aliphatic hydroxyl groups is 1. The van der Waals surface area contributed by atoms with Crippen molar-refractivity contribution in [1.29, 1.82) is 0 Å². The number of hydrogen-bond donors (Lipinski definition) is 2. The van der Waals surface area contributed by atoms with Gasteiger partial charge in [0.15, 0.2) is 0 Å². The molecule has 0 aliphatic rings. The molecule has 0 spiro atoms. The lowest BCUT2D eigenvalue weighted by Crippen LogP contribution is -2.23. The zero-order valence-electron chi connectivity index (χ0n) is 13.2.